The maximum Gasteiger partial charge on any atom is 0.248 e. The van der Waals surface area contributed by atoms with Crippen LogP contribution in [0.3, 0.4) is 0 Å². The second kappa shape index (κ2) is 9.98. The van der Waals surface area contributed by atoms with Crippen LogP contribution in [0, 0.1) is 0 Å². The maximum atomic E-state index is 12.1. The Kier molecular flexibility index (Phi) is 7.13. The number of amides is 2. The number of aromatic amines is 1. The van der Waals surface area contributed by atoms with Crippen molar-refractivity contribution in [2.75, 3.05) is 12.9 Å². The van der Waals surface area contributed by atoms with E-state index in [2.05, 4.69) is 15.8 Å². The molecule has 1 heterocycles. The Morgan fingerprint density at radius 3 is 2.57 bits per heavy atom. The molecule has 0 spiro atoms. The van der Waals surface area contributed by atoms with Crippen LogP contribution in [0.5, 0.6) is 5.75 Å². The fourth-order valence-corrected chi connectivity index (χ4v) is 3.84. The predicted octanol–water partition coefficient (Wildman–Crippen LogP) is 3.00. The highest BCUT2D eigenvalue weighted by Gasteiger charge is 2.11. The van der Waals surface area contributed by atoms with E-state index in [-0.39, 0.29) is 29.8 Å². The number of ketones is 1. The van der Waals surface area contributed by atoms with Gasteiger partial charge in [-0.25, -0.2) is 0 Å². The first-order chi connectivity index (χ1) is 14.5. The highest BCUT2D eigenvalue weighted by atomic mass is 32.2. The molecule has 8 heteroatoms. The van der Waals surface area contributed by atoms with Gasteiger partial charge in [-0.1, -0.05) is 18.2 Å². The van der Waals surface area contributed by atoms with Gasteiger partial charge in [0.25, 0.3) is 0 Å². The van der Waals surface area contributed by atoms with Crippen molar-refractivity contribution >= 4 is 40.3 Å². The second-order valence-electron chi connectivity index (χ2n) is 6.71. The van der Waals surface area contributed by atoms with E-state index in [1.165, 1.54) is 18.7 Å². The first-order valence-corrected chi connectivity index (χ1v) is 10.5. The number of ether oxygens (including phenoxy) is 1. The minimum absolute atomic E-state index is 0.0282. The molecule has 0 bridgehead atoms. The third kappa shape index (κ3) is 5.42. The smallest absolute Gasteiger partial charge is 0.248 e. The van der Waals surface area contributed by atoms with E-state index in [4.69, 9.17) is 4.74 Å². The van der Waals surface area contributed by atoms with Gasteiger partial charge in [0, 0.05) is 34.0 Å². The van der Waals surface area contributed by atoms with Crippen molar-refractivity contribution in [1.82, 2.24) is 15.8 Å². The van der Waals surface area contributed by atoms with Crippen LogP contribution in [0.2, 0.25) is 0 Å². The van der Waals surface area contributed by atoms with Gasteiger partial charge in [-0.15, -0.1) is 11.8 Å². The molecule has 3 aromatic rings. The number of benzene rings is 2. The number of para-hydroxylation sites is 1. The van der Waals surface area contributed by atoms with Crippen LogP contribution in [-0.2, 0) is 21.8 Å². The number of H-pyrrole nitrogens is 1. The standard InChI is InChI=1S/C22H23N3O4S/c1-14(26)15-7-8-20(29-2)17(9-15)12-30-13-22(28)25-24-21(27)10-16-11-23-19-6-4-3-5-18(16)19/h3-9,11,23H,10,12-13H2,1-2H3,(H,24,27)(H,25,28). The number of rotatable bonds is 8. The van der Waals surface area contributed by atoms with Gasteiger partial charge in [0.05, 0.1) is 19.3 Å². The molecule has 156 valence electrons. The molecule has 0 aliphatic heterocycles. The van der Waals surface area contributed by atoms with Gasteiger partial charge in [0.15, 0.2) is 5.78 Å². The van der Waals surface area contributed by atoms with Crippen LogP contribution < -0.4 is 15.6 Å². The van der Waals surface area contributed by atoms with Gasteiger partial charge in [-0.05, 0) is 36.8 Å². The van der Waals surface area contributed by atoms with Crippen molar-refractivity contribution in [2.24, 2.45) is 0 Å². The van der Waals surface area contributed by atoms with Crippen molar-refractivity contribution < 1.29 is 19.1 Å². The van der Waals surface area contributed by atoms with Crippen LogP contribution in [0.15, 0.2) is 48.7 Å². The fourth-order valence-electron chi connectivity index (χ4n) is 3.03. The molecule has 1 aromatic heterocycles. The monoisotopic (exact) mass is 425 g/mol. The lowest BCUT2D eigenvalue weighted by molar-refractivity contribution is -0.127. The number of carbonyl (C=O) groups excluding carboxylic acids is 3. The van der Waals surface area contributed by atoms with E-state index in [0.29, 0.717) is 17.1 Å². The number of hydrogen-bond acceptors (Lipinski definition) is 5. The Morgan fingerprint density at radius 1 is 1.03 bits per heavy atom. The van der Waals surface area contributed by atoms with E-state index in [9.17, 15) is 14.4 Å². The van der Waals surface area contributed by atoms with Crippen LogP contribution in [0.4, 0.5) is 0 Å². The van der Waals surface area contributed by atoms with Gasteiger partial charge in [-0.3, -0.25) is 25.2 Å². The summed E-state index contributed by atoms with van der Waals surface area (Å²) in [5.74, 6) is 0.685. The van der Waals surface area contributed by atoms with E-state index in [0.717, 1.165) is 22.0 Å². The SMILES string of the molecule is COc1ccc(C(C)=O)cc1CSCC(=O)NNC(=O)Cc1c[nH]c2ccccc12. The summed E-state index contributed by atoms with van der Waals surface area (Å²) >= 11 is 1.36. The molecule has 0 aliphatic rings. The average Bonchev–Trinajstić information content (AvgIpc) is 3.15. The van der Waals surface area contributed by atoms with E-state index in [1.807, 2.05) is 24.3 Å². The fraction of sp³-hybridized carbons (Fsp3) is 0.227. The van der Waals surface area contributed by atoms with Gasteiger partial charge in [0.2, 0.25) is 11.8 Å². The number of fused-ring (bicyclic) bond motifs is 1. The summed E-state index contributed by atoms with van der Waals surface area (Å²) in [4.78, 5) is 38.9. The Bertz CT molecular complexity index is 1080. The molecule has 2 aromatic carbocycles. The number of carbonyl (C=O) groups is 3. The van der Waals surface area contributed by atoms with Crippen molar-refractivity contribution in [1.29, 1.82) is 0 Å². The molecule has 0 saturated carbocycles. The number of aromatic nitrogens is 1. The number of thioether (sulfide) groups is 1. The summed E-state index contributed by atoms with van der Waals surface area (Å²) in [7, 11) is 1.56. The number of nitrogens with one attached hydrogen (secondary N) is 3. The lowest BCUT2D eigenvalue weighted by Gasteiger charge is -2.10. The number of Topliss-reactive ketones (excluding diaryl/α,β-unsaturated/α-hetero) is 1. The van der Waals surface area contributed by atoms with E-state index < -0.39 is 0 Å². The molecular formula is C22H23N3O4S. The van der Waals surface area contributed by atoms with E-state index in [1.54, 1.807) is 31.5 Å². The Balaban J connectivity index is 1.45. The van der Waals surface area contributed by atoms with Crippen molar-refractivity contribution in [3.8, 4) is 5.75 Å². The zero-order chi connectivity index (χ0) is 21.5. The molecular weight excluding hydrogens is 402 g/mol. The Hall–Kier alpha value is -3.26. The highest BCUT2D eigenvalue weighted by Crippen LogP contribution is 2.24. The largest absolute Gasteiger partial charge is 0.496 e. The maximum absolute atomic E-state index is 12.1. The summed E-state index contributed by atoms with van der Waals surface area (Å²) in [6.07, 6.45) is 1.96. The summed E-state index contributed by atoms with van der Waals surface area (Å²) in [5, 5.41) is 0.983. The molecule has 3 N–H and O–H groups in total. The second-order valence-corrected chi connectivity index (χ2v) is 7.69. The summed E-state index contributed by atoms with van der Waals surface area (Å²) in [6.45, 7) is 1.51. The average molecular weight is 426 g/mol. The van der Waals surface area contributed by atoms with Crippen molar-refractivity contribution in [2.45, 2.75) is 19.1 Å². The molecule has 0 aliphatic carbocycles. The zero-order valence-corrected chi connectivity index (χ0v) is 17.6. The molecule has 0 saturated heterocycles. The molecule has 0 radical (unpaired) electrons. The van der Waals surface area contributed by atoms with Crippen molar-refractivity contribution in [3.05, 3.63) is 65.4 Å². The summed E-state index contributed by atoms with van der Waals surface area (Å²) in [5.41, 5.74) is 8.14. The molecule has 0 fully saturated rings. The zero-order valence-electron chi connectivity index (χ0n) is 16.8. The Labute approximate surface area is 178 Å². The minimum atomic E-state index is -0.311. The third-order valence-corrected chi connectivity index (χ3v) is 5.53. The van der Waals surface area contributed by atoms with Crippen molar-refractivity contribution in [3.63, 3.8) is 0 Å². The molecule has 0 unspecified atom stereocenters. The van der Waals surface area contributed by atoms with Crippen LogP contribution in [0.25, 0.3) is 10.9 Å². The lowest BCUT2D eigenvalue weighted by Crippen LogP contribution is -2.43. The number of methoxy groups -OCH3 is 1. The topological polar surface area (TPSA) is 100 Å². The minimum Gasteiger partial charge on any atom is -0.496 e. The molecule has 0 atom stereocenters. The molecule has 30 heavy (non-hydrogen) atoms. The van der Waals surface area contributed by atoms with Gasteiger partial charge < -0.3 is 9.72 Å². The summed E-state index contributed by atoms with van der Waals surface area (Å²) in [6, 6.07) is 13.0. The number of hydrazine groups is 1. The molecule has 7 nitrogen and oxygen atoms in total. The van der Waals surface area contributed by atoms with E-state index >= 15 is 0 Å². The van der Waals surface area contributed by atoms with Crippen LogP contribution >= 0.6 is 11.8 Å². The predicted molar refractivity (Wildman–Crippen MR) is 117 cm³/mol. The van der Waals surface area contributed by atoms with Gasteiger partial charge in [0.1, 0.15) is 5.75 Å². The molecule has 2 amide bonds. The normalized spacial score (nSPS) is 10.6. The number of hydrogen-bond donors (Lipinski definition) is 3. The quantitative estimate of drug-likeness (QED) is 0.381. The summed E-state index contributed by atoms with van der Waals surface area (Å²) < 4.78 is 5.31. The third-order valence-electron chi connectivity index (χ3n) is 4.54. The highest BCUT2D eigenvalue weighted by molar-refractivity contribution is 7.99. The van der Waals surface area contributed by atoms with Gasteiger partial charge in [-0.2, -0.15) is 0 Å². The lowest BCUT2D eigenvalue weighted by atomic mass is 10.1. The van der Waals surface area contributed by atoms with Crippen LogP contribution in [-0.4, -0.2) is 35.4 Å². The van der Waals surface area contributed by atoms with Gasteiger partial charge >= 0.3 is 0 Å². The first kappa shape index (κ1) is 21.4. The van der Waals surface area contributed by atoms with Crippen LogP contribution in [0.1, 0.15) is 28.4 Å². The first-order valence-electron chi connectivity index (χ1n) is 9.36. The molecule has 3 rings (SSSR count). The Morgan fingerprint density at radius 2 is 1.80 bits per heavy atom.